The summed E-state index contributed by atoms with van der Waals surface area (Å²) in [5, 5.41) is 1.99. The molecule has 0 unspecified atom stereocenters. The molecule has 0 aliphatic carbocycles. The van der Waals surface area contributed by atoms with E-state index in [4.69, 9.17) is 23.2 Å². The highest BCUT2D eigenvalue weighted by Crippen LogP contribution is 2.33. The van der Waals surface area contributed by atoms with Crippen LogP contribution in [0.4, 0.5) is 0 Å². The summed E-state index contributed by atoms with van der Waals surface area (Å²) in [5.41, 5.74) is 1.91. The standard InChI is InChI=1S/C17H19Cl2N3OS3/c1-24-15-14(17(25-2)26-20-15)16(23)22-7-5-21(6-8-22)10-11-3-4-12(18)13(19)9-11/h3-4,9H,5-8,10H2,1-2H3. The predicted molar refractivity (Wildman–Crippen MR) is 113 cm³/mol. The maximum atomic E-state index is 13.0. The quantitative estimate of drug-likeness (QED) is 0.611. The van der Waals surface area contributed by atoms with E-state index in [1.54, 1.807) is 11.8 Å². The molecule has 2 aromatic rings. The van der Waals surface area contributed by atoms with Gasteiger partial charge in [-0.05, 0) is 41.7 Å². The van der Waals surface area contributed by atoms with Crippen molar-refractivity contribution < 1.29 is 4.79 Å². The van der Waals surface area contributed by atoms with E-state index in [2.05, 4.69) is 9.27 Å². The smallest absolute Gasteiger partial charge is 0.258 e. The van der Waals surface area contributed by atoms with Crippen LogP contribution in [0.25, 0.3) is 0 Å². The first-order valence-corrected chi connectivity index (χ1v) is 12.0. The molecule has 0 N–H and O–H groups in total. The minimum Gasteiger partial charge on any atom is -0.336 e. The maximum Gasteiger partial charge on any atom is 0.258 e. The Labute approximate surface area is 176 Å². The van der Waals surface area contributed by atoms with Gasteiger partial charge in [-0.3, -0.25) is 9.69 Å². The highest BCUT2D eigenvalue weighted by atomic mass is 35.5. The molecule has 0 saturated carbocycles. The van der Waals surface area contributed by atoms with Crippen molar-refractivity contribution in [2.75, 3.05) is 38.7 Å². The van der Waals surface area contributed by atoms with E-state index in [1.165, 1.54) is 23.3 Å². The van der Waals surface area contributed by atoms with E-state index in [1.807, 2.05) is 35.6 Å². The molecular weight excluding hydrogens is 429 g/mol. The number of carbonyl (C=O) groups is 1. The van der Waals surface area contributed by atoms with Crippen LogP contribution in [0.3, 0.4) is 0 Å². The lowest BCUT2D eigenvalue weighted by molar-refractivity contribution is 0.0622. The zero-order valence-electron chi connectivity index (χ0n) is 14.5. The van der Waals surface area contributed by atoms with Crippen LogP contribution in [0.15, 0.2) is 27.4 Å². The van der Waals surface area contributed by atoms with E-state index in [0.717, 1.165) is 53.1 Å². The summed E-state index contributed by atoms with van der Waals surface area (Å²) in [4.78, 5) is 17.3. The Morgan fingerprint density at radius 2 is 1.88 bits per heavy atom. The normalized spacial score (nSPS) is 15.5. The molecule has 1 saturated heterocycles. The number of rotatable bonds is 5. The highest BCUT2D eigenvalue weighted by Gasteiger charge is 2.27. The number of aromatic nitrogens is 1. The maximum absolute atomic E-state index is 13.0. The lowest BCUT2D eigenvalue weighted by Crippen LogP contribution is -2.48. The lowest BCUT2D eigenvalue weighted by Gasteiger charge is -2.34. The fraction of sp³-hybridized carbons (Fsp3) is 0.412. The zero-order valence-corrected chi connectivity index (χ0v) is 18.5. The van der Waals surface area contributed by atoms with E-state index in [-0.39, 0.29) is 5.91 Å². The largest absolute Gasteiger partial charge is 0.336 e. The van der Waals surface area contributed by atoms with Gasteiger partial charge < -0.3 is 4.90 Å². The van der Waals surface area contributed by atoms with Gasteiger partial charge in [0.15, 0.2) is 0 Å². The number of piperazine rings is 1. The molecular formula is C17H19Cl2N3OS3. The number of hydrogen-bond donors (Lipinski definition) is 0. The van der Waals surface area contributed by atoms with E-state index in [9.17, 15) is 4.79 Å². The van der Waals surface area contributed by atoms with E-state index >= 15 is 0 Å². The van der Waals surface area contributed by atoms with Crippen molar-refractivity contribution >= 4 is 64.2 Å². The zero-order chi connectivity index (χ0) is 18.7. The molecule has 0 bridgehead atoms. The Balaban J connectivity index is 1.62. The Morgan fingerprint density at radius 1 is 1.15 bits per heavy atom. The minimum atomic E-state index is 0.0987. The third-order valence-electron chi connectivity index (χ3n) is 4.27. The van der Waals surface area contributed by atoms with Crippen LogP contribution < -0.4 is 0 Å². The summed E-state index contributed by atoms with van der Waals surface area (Å²) in [7, 11) is 0. The number of hydrogen-bond acceptors (Lipinski definition) is 6. The summed E-state index contributed by atoms with van der Waals surface area (Å²) >= 11 is 16.6. The van der Waals surface area contributed by atoms with Crippen LogP contribution in [-0.4, -0.2) is 58.8 Å². The molecule has 2 heterocycles. The van der Waals surface area contributed by atoms with Crippen molar-refractivity contribution in [3.05, 3.63) is 39.4 Å². The molecule has 140 valence electrons. The van der Waals surface area contributed by atoms with Crippen molar-refractivity contribution in [3.63, 3.8) is 0 Å². The van der Waals surface area contributed by atoms with Crippen LogP contribution in [-0.2, 0) is 6.54 Å². The first-order chi connectivity index (χ1) is 12.5. The molecule has 0 spiro atoms. The molecule has 1 fully saturated rings. The second-order valence-electron chi connectivity index (χ2n) is 5.88. The highest BCUT2D eigenvalue weighted by molar-refractivity contribution is 8.01. The SMILES string of the molecule is CSc1nsc(SC)c1C(=O)N1CCN(Cc2ccc(Cl)c(Cl)c2)CC1. The second kappa shape index (κ2) is 9.17. The molecule has 1 aliphatic heterocycles. The van der Waals surface area contributed by atoms with Gasteiger partial charge in [0.05, 0.1) is 19.8 Å². The third kappa shape index (κ3) is 4.51. The molecule has 1 aromatic carbocycles. The molecule has 0 radical (unpaired) electrons. The van der Waals surface area contributed by atoms with Gasteiger partial charge in [0.1, 0.15) is 5.03 Å². The molecule has 3 rings (SSSR count). The average Bonchev–Trinajstić information content (AvgIpc) is 3.08. The predicted octanol–water partition coefficient (Wildman–Crippen LogP) is 4.85. The number of nitrogens with zero attached hydrogens (tertiary/aromatic N) is 3. The first kappa shape index (κ1) is 20.3. The summed E-state index contributed by atoms with van der Waals surface area (Å²) < 4.78 is 5.41. The van der Waals surface area contributed by atoms with Crippen LogP contribution in [0.5, 0.6) is 0 Å². The number of thioether (sulfide) groups is 2. The lowest BCUT2D eigenvalue weighted by atomic mass is 10.2. The number of halogens is 2. The van der Waals surface area contributed by atoms with Gasteiger partial charge in [-0.1, -0.05) is 29.3 Å². The van der Waals surface area contributed by atoms with E-state index in [0.29, 0.717) is 10.0 Å². The molecule has 9 heteroatoms. The summed E-state index contributed by atoms with van der Waals surface area (Å²) in [5.74, 6) is 0.0987. The Morgan fingerprint density at radius 3 is 2.50 bits per heavy atom. The molecule has 1 amide bonds. The second-order valence-corrected chi connectivity index (χ2v) is 9.33. The molecule has 1 aliphatic rings. The van der Waals surface area contributed by atoms with Crippen molar-refractivity contribution in [1.29, 1.82) is 0 Å². The molecule has 4 nitrogen and oxygen atoms in total. The van der Waals surface area contributed by atoms with Crippen LogP contribution in [0.2, 0.25) is 10.0 Å². The van der Waals surface area contributed by atoms with Gasteiger partial charge in [0, 0.05) is 32.7 Å². The Kier molecular flexibility index (Phi) is 7.16. The Hall–Kier alpha value is -0.440. The first-order valence-electron chi connectivity index (χ1n) is 8.06. The van der Waals surface area contributed by atoms with Crippen molar-refractivity contribution in [1.82, 2.24) is 14.2 Å². The van der Waals surface area contributed by atoms with Crippen molar-refractivity contribution in [2.24, 2.45) is 0 Å². The van der Waals surface area contributed by atoms with E-state index < -0.39 is 0 Å². The van der Waals surface area contributed by atoms with Crippen molar-refractivity contribution in [3.8, 4) is 0 Å². The number of benzene rings is 1. The molecule has 26 heavy (non-hydrogen) atoms. The van der Waals surface area contributed by atoms with Gasteiger partial charge in [-0.15, -0.1) is 23.5 Å². The summed E-state index contributed by atoms with van der Waals surface area (Å²) in [6.45, 7) is 3.93. The Bertz CT molecular complexity index is 770. The molecule has 1 aromatic heterocycles. The fourth-order valence-electron chi connectivity index (χ4n) is 2.88. The fourth-order valence-corrected chi connectivity index (χ4v) is 5.47. The number of amides is 1. The van der Waals surface area contributed by atoms with Gasteiger partial charge in [0.2, 0.25) is 0 Å². The van der Waals surface area contributed by atoms with Crippen molar-refractivity contribution in [2.45, 2.75) is 15.8 Å². The molecule has 0 atom stereocenters. The number of carbonyl (C=O) groups excluding carboxylic acids is 1. The topological polar surface area (TPSA) is 36.4 Å². The van der Waals surface area contributed by atoms with Crippen LogP contribution >= 0.6 is 58.3 Å². The summed E-state index contributed by atoms with van der Waals surface area (Å²) in [6, 6.07) is 5.74. The van der Waals surface area contributed by atoms with Gasteiger partial charge in [-0.25, -0.2) is 0 Å². The minimum absolute atomic E-state index is 0.0987. The average molecular weight is 448 g/mol. The monoisotopic (exact) mass is 447 g/mol. The van der Waals surface area contributed by atoms with Crippen LogP contribution in [0.1, 0.15) is 15.9 Å². The van der Waals surface area contributed by atoms with Crippen LogP contribution in [0, 0.1) is 0 Å². The van der Waals surface area contributed by atoms with Gasteiger partial charge in [-0.2, -0.15) is 4.37 Å². The summed E-state index contributed by atoms with van der Waals surface area (Å²) in [6.07, 6.45) is 3.95. The van der Waals surface area contributed by atoms with Gasteiger partial charge in [0.25, 0.3) is 5.91 Å². The van der Waals surface area contributed by atoms with Gasteiger partial charge >= 0.3 is 0 Å². The third-order valence-corrected chi connectivity index (χ3v) is 7.75.